The molecule has 1 heteroatoms. The van der Waals surface area contributed by atoms with E-state index in [0.717, 1.165) is 6.42 Å². The number of rotatable bonds is 1. The molecule has 0 fully saturated rings. The molecule has 1 radical (unpaired) electrons. The van der Waals surface area contributed by atoms with Gasteiger partial charge < -0.3 is 0 Å². The maximum atomic E-state index is 11.2. The fraction of sp³-hybridized carbons (Fsp3) is 0.600. The molecule has 61 valence electrons. The molecule has 0 aliphatic heterocycles. The van der Waals surface area contributed by atoms with E-state index in [-0.39, 0.29) is 16.6 Å². The first-order valence-electron chi connectivity index (χ1n) is 3.94. The first-order chi connectivity index (χ1) is 4.90. The van der Waals surface area contributed by atoms with E-state index in [1.54, 1.807) is 0 Å². The van der Waals surface area contributed by atoms with Gasteiger partial charge in [0.25, 0.3) is 0 Å². The largest absolute Gasteiger partial charge is 0.299 e. The Morgan fingerprint density at radius 2 is 2.00 bits per heavy atom. The van der Waals surface area contributed by atoms with Crippen LogP contribution >= 0.6 is 0 Å². The number of carbonyl (C=O) groups excluding carboxylic acids is 1. The van der Waals surface area contributed by atoms with Crippen LogP contribution in [0.25, 0.3) is 0 Å². The van der Waals surface area contributed by atoms with Crippen LogP contribution in [0.15, 0.2) is 12.2 Å². The van der Waals surface area contributed by atoms with Gasteiger partial charge in [-0.05, 0) is 11.8 Å². The van der Waals surface area contributed by atoms with Crippen LogP contribution in [0.5, 0.6) is 0 Å². The predicted molar refractivity (Wildman–Crippen MR) is 46.0 cm³/mol. The molecule has 0 aromatic rings. The SMILES string of the molecule is [CH2]C(=O)[C@]1(C)CC=CC1(C)C. The van der Waals surface area contributed by atoms with Crippen LogP contribution < -0.4 is 0 Å². The van der Waals surface area contributed by atoms with Crippen molar-refractivity contribution < 1.29 is 4.79 Å². The van der Waals surface area contributed by atoms with Crippen LogP contribution in [0, 0.1) is 17.8 Å². The molecule has 0 unspecified atom stereocenters. The normalized spacial score (nSPS) is 34.2. The van der Waals surface area contributed by atoms with Gasteiger partial charge in [0.15, 0.2) is 0 Å². The van der Waals surface area contributed by atoms with Crippen LogP contribution in [0.2, 0.25) is 0 Å². The first-order valence-corrected chi connectivity index (χ1v) is 3.94. The molecule has 0 N–H and O–H groups in total. The second kappa shape index (κ2) is 2.20. The molecule has 0 amide bonds. The van der Waals surface area contributed by atoms with Gasteiger partial charge in [-0.2, -0.15) is 0 Å². The van der Waals surface area contributed by atoms with Crippen molar-refractivity contribution in [2.45, 2.75) is 27.2 Å². The number of carbonyl (C=O) groups is 1. The number of allylic oxidation sites excluding steroid dienone is 2. The van der Waals surface area contributed by atoms with Crippen molar-refractivity contribution in [1.82, 2.24) is 0 Å². The molecule has 0 aromatic heterocycles. The predicted octanol–water partition coefficient (Wildman–Crippen LogP) is 2.38. The summed E-state index contributed by atoms with van der Waals surface area (Å²) in [7, 11) is 0. The van der Waals surface area contributed by atoms with Gasteiger partial charge in [-0.25, -0.2) is 0 Å². The minimum absolute atomic E-state index is 0.0220. The van der Waals surface area contributed by atoms with Crippen molar-refractivity contribution in [1.29, 1.82) is 0 Å². The Bertz CT molecular complexity index is 213. The zero-order valence-electron chi connectivity index (χ0n) is 7.48. The van der Waals surface area contributed by atoms with E-state index < -0.39 is 0 Å². The van der Waals surface area contributed by atoms with Gasteiger partial charge >= 0.3 is 0 Å². The number of ketones is 1. The maximum Gasteiger partial charge on any atom is 0.140 e. The lowest BCUT2D eigenvalue weighted by Crippen LogP contribution is -2.36. The fourth-order valence-corrected chi connectivity index (χ4v) is 1.51. The third kappa shape index (κ3) is 1.03. The van der Waals surface area contributed by atoms with Gasteiger partial charge in [-0.1, -0.05) is 32.9 Å². The highest BCUT2D eigenvalue weighted by molar-refractivity contribution is 5.89. The second-order valence-corrected chi connectivity index (χ2v) is 4.08. The molecule has 0 bridgehead atoms. The van der Waals surface area contributed by atoms with Crippen molar-refractivity contribution in [2.75, 3.05) is 0 Å². The molecule has 1 aliphatic carbocycles. The summed E-state index contributed by atoms with van der Waals surface area (Å²) in [5.41, 5.74) is -0.293. The monoisotopic (exact) mass is 151 g/mol. The van der Waals surface area contributed by atoms with Crippen molar-refractivity contribution in [2.24, 2.45) is 10.8 Å². The first kappa shape index (κ1) is 8.51. The molecule has 0 heterocycles. The summed E-state index contributed by atoms with van der Waals surface area (Å²) >= 11 is 0. The molecule has 1 atom stereocenters. The minimum Gasteiger partial charge on any atom is -0.299 e. The van der Waals surface area contributed by atoms with Gasteiger partial charge in [-0.15, -0.1) is 0 Å². The summed E-state index contributed by atoms with van der Waals surface area (Å²) in [6.45, 7) is 9.66. The van der Waals surface area contributed by atoms with Crippen molar-refractivity contribution >= 4 is 5.78 Å². The average molecular weight is 151 g/mol. The van der Waals surface area contributed by atoms with E-state index in [0.29, 0.717) is 0 Å². The van der Waals surface area contributed by atoms with Crippen LogP contribution in [-0.2, 0) is 4.79 Å². The Balaban J connectivity index is 2.99. The van der Waals surface area contributed by atoms with E-state index in [1.165, 1.54) is 0 Å². The molecule has 0 saturated carbocycles. The molecule has 0 saturated heterocycles. The van der Waals surface area contributed by atoms with Gasteiger partial charge in [0.05, 0.1) is 0 Å². The van der Waals surface area contributed by atoms with E-state index in [9.17, 15) is 4.79 Å². The lowest BCUT2D eigenvalue weighted by Gasteiger charge is -2.35. The number of Topliss-reactive ketones (excluding diaryl/α,β-unsaturated/α-hetero) is 1. The standard InChI is InChI=1S/C10H15O/c1-8(11)10(4)7-5-6-9(10,2)3/h5-6H,1,7H2,2-4H3/t10-/m0/s1. The summed E-state index contributed by atoms with van der Waals surface area (Å²) in [5, 5.41) is 0. The number of hydrogen-bond acceptors (Lipinski definition) is 1. The van der Waals surface area contributed by atoms with Gasteiger partial charge in [0, 0.05) is 12.3 Å². The lowest BCUT2D eigenvalue weighted by atomic mass is 9.67. The average Bonchev–Trinajstić information content (AvgIpc) is 2.09. The van der Waals surface area contributed by atoms with E-state index in [1.807, 2.05) is 6.92 Å². The van der Waals surface area contributed by atoms with Crippen LogP contribution in [0.3, 0.4) is 0 Å². The van der Waals surface area contributed by atoms with Crippen LogP contribution in [0.1, 0.15) is 27.2 Å². The summed E-state index contributed by atoms with van der Waals surface area (Å²) in [5.74, 6) is 0.0486. The molecular weight excluding hydrogens is 136 g/mol. The molecule has 0 aromatic carbocycles. The van der Waals surface area contributed by atoms with Crippen molar-refractivity contribution in [3.05, 3.63) is 19.1 Å². The Hall–Kier alpha value is -0.590. The lowest BCUT2D eigenvalue weighted by molar-refractivity contribution is -0.126. The summed E-state index contributed by atoms with van der Waals surface area (Å²) in [6.07, 6.45) is 5.02. The Morgan fingerprint density at radius 3 is 2.18 bits per heavy atom. The van der Waals surface area contributed by atoms with E-state index in [4.69, 9.17) is 0 Å². The van der Waals surface area contributed by atoms with Gasteiger partial charge in [-0.3, -0.25) is 4.79 Å². The summed E-state index contributed by atoms with van der Waals surface area (Å²) in [6, 6.07) is 0. The Kier molecular flexibility index (Phi) is 1.70. The van der Waals surface area contributed by atoms with Crippen LogP contribution in [0.4, 0.5) is 0 Å². The highest BCUT2D eigenvalue weighted by atomic mass is 16.1. The quantitative estimate of drug-likeness (QED) is 0.526. The van der Waals surface area contributed by atoms with E-state index in [2.05, 4.69) is 32.9 Å². The van der Waals surface area contributed by atoms with Crippen molar-refractivity contribution in [3.8, 4) is 0 Å². The third-order valence-corrected chi connectivity index (χ3v) is 3.10. The van der Waals surface area contributed by atoms with Crippen molar-refractivity contribution in [3.63, 3.8) is 0 Å². The Morgan fingerprint density at radius 1 is 1.45 bits per heavy atom. The zero-order chi connectivity index (χ0) is 8.70. The molecular formula is C10H15O. The van der Waals surface area contributed by atoms with Gasteiger partial charge in [0.1, 0.15) is 5.78 Å². The third-order valence-electron chi connectivity index (χ3n) is 3.10. The molecule has 1 rings (SSSR count). The van der Waals surface area contributed by atoms with Crippen LogP contribution in [-0.4, -0.2) is 5.78 Å². The Labute approximate surface area is 68.5 Å². The zero-order valence-corrected chi connectivity index (χ0v) is 7.48. The fourth-order valence-electron chi connectivity index (χ4n) is 1.51. The second-order valence-electron chi connectivity index (χ2n) is 4.08. The smallest absolute Gasteiger partial charge is 0.140 e. The van der Waals surface area contributed by atoms with Gasteiger partial charge in [0.2, 0.25) is 0 Å². The minimum atomic E-state index is -0.271. The molecule has 1 nitrogen and oxygen atoms in total. The maximum absolute atomic E-state index is 11.2. The summed E-state index contributed by atoms with van der Waals surface area (Å²) < 4.78 is 0. The highest BCUT2D eigenvalue weighted by Gasteiger charge is 2.45. The highest BCUT2D eigenvalue weighted by Crippen LogP contribution is 2.48. The topological polar surface area (TPSA) is 17.1 Å². The molecule has 0 spiro atoms. The molecule has 11 heavy (non-hydrogen) atoms. The molecule has 1 aliphatic rings. The summed E-state index contributed by atoms with van der Waals surface area (Å²) in [4.78, 5) is 11.2. The number of hydrogen-bond donors (Lipinski definition) is 0. The van der Waals surface area contributed by atoms with E-state index >= 15 is 0 Å².